The van der Waals surface area contributed by atoms with E-state index in [1.165, 1.54) is 16.4 Å². The van der Waals surface area contributed by atoms with Crippen molar-refractivity contribution >= 4 is 21.4 Å². The Morgan fingerprint density at radius 3 is 2.68 bits per heavy atom. The fraction of sp³-hybridized carbons (Fsp3) is 0.455. The first-order chi connectivity index (χ1) is 8.84. The molecule has 0 amide bonds. The number of anilines is 1. The second-order valence-electron chi connectivity index (χ2n) is 4.59. The molecule has 104 valence electrons. The molecule has 2 N–H and O–H groups in total. The second kappa shape index (κ2) is 4.78. The molecule has 1 aromatic carbocycles. The number of rotatable bonds is 3. The highest BCUT2D eigenvalue weighted by atomic mass is 32.2. The van der Waals surface area contributed by atoms with Crippen molar-refractivity contribution in [3.05, 3.63) is 28.3 Å². The van der Waals surface area contributed by atoms with Crippen LogP contribution in [-0.2, 0) is 10.0 Å². The van der Waals surface area contributed by atoms with Gasteiger partial charge in [0.1, 0.15) is 4.90 Å². The van der Waals surface area contributed by atoms with E-state index in [1.807, 2.05) is 6.92 Å². The third kappa shape index (κ3) is 2.41. The van der Waals surface area contributed by atoms with E-state index in [1.54, 1.807) is 0 Å². The third-order valence-electron chi connectivity index (χ3n) is 3.29. The number of non-ortho nitro benzene ring substituents is 1. The van der Waals surface area contributed by atoms with Gasteiger partial charge in [0.2, 0.25) is 10.0 Å². The Morgan fingerprint density at radius 1 is 1.47 bits per heavy atom. The van der Waals surface area contributed by atoms with Gasteiger partial charge in [0.15, 0.2) is 0 Å². The third-order valence-corrected chi connectivity index (χ3v) is 5.36. The number of hydrogen-bond donors (Lipinski definition) is 1. The summed E-state index contributed by atoms with van der Waals surface area (Å²) in [6.45, 7) is 2.24. The maximum atomic E-state index is 12.5. The maximum absolute atomic E-state index is 12.5. The lowest BCUT2D eigenvalue weighted by molar-refractivity contribution is -0.385. The van der Waals surface area contributed by atoms with E-state index in [0.29, 0.717) is 6.54 Å². The number of nitrogen functional groups attached to an aromatic ring is 1. The summed E-state index contributed by atoms with van der Waals surface area (Å²) in [5.41, 5.74) is 5.41. The monoisotopic (exact) mass is 285 g/mol. The second-order valence-corrected chi connectivity index (χ2v) is 6.45. The van der Waals surface area contributed by atoms with Gasteiger partial charge in [0.05, 0.1) is 10.6 Å². The summed E-state index contributed by atoms with van der Waals surface area (Å²) < 4.78 is 26.3. The van der Waals surface area contributed by atoms with E-state index in [4.69, 9.17) is 5.73 Å². The minimum absolute atomic E-state index is 0.0321. The van der Waals surface area contributed by atoms with Crippen molar-refractivity contribution in [2.75, 3.05) is 12.3 Å². The zero-order valence-electron chi connectivity index (χ0n) is 10.4. The predicted octanol–water partition coefficient (Wildman–Crippen LogP) is 1.35. The smallest absolute Gasteiger partial charge is 0.270 e. The molecule has 1 fully saturated rings. The van der Waals surface area contributed by atoms with Crippen molar-refractivity contribution in [2.45, 2.75) is 30.7 Å². The van der Waals surface area contributed by atoms with Gasteiger partial charge >= 0.3 is 0 Å². The summed E-state index contributed by atoms with van der Waals surface area (Å²) in [7, 11) is -3.77. The van der Waals surface area contributed by atoms with Gasteiger partial charge in [-0.1, -0.05) is 0 Å². The minimum atomic E-state index is -3.77. The number of nitro benzene ring substituents is 1. The molecular formula is C11H15N3O4S. The largest absolute Gasteiger partial charge is 0.398 e. The predicted molar refractivity (Wildman–Crippen MR) is 70.1 cm³/mol. The molecule has 0 spiro atoms. The Morgan fingerprint density at radius 2 is 2.16 bits per heavy atom. The van der Waals surface area contributed by atoms with Crippen LogP contribution in [0.4, 0.5) is 11.4 Å². The van der Waals surface area contributed by atoms with Crippen LogP contribution in [0, 0.1) is 10.1 Å². The molecule has 0 bridgehead atoms. The van der Waals surface area contributed by atoms with Gasteiger partial charge in [-0.05, 0) is 25.8 Å². The highest BCUT2D eigenvalue weighted by molar-refractivity contribution is 7.89. The zero-order valence-corrected chi connectivity index (χ0v) is 11.3. The van der Waals surface area contributed by atoms with Crippen LogP contribution in [0.3, 0.4) is 0 Å². The molecule has 0 radical (unpaired) electrons. The van der Waals surface area contributed by atoms with E-state index in [9.17, 15) is 18.5 Å². The molecule has 19 heavy (non-hydrogen) atoms. The molecule has 7 nitrogen and oxygen atoms in total. The van der Waals surface area contributed by atoms with Crippen LogP contribution < -0.4 is 5.73 Å². The highest BCUT2D eigenvalue weighted by Gasteiger charge is 2.34. The van der Waals surface area contributed by atoms with Gasteiger partial charge in [0, 0.05) is 24.7 Å². The Hall–Kier alpha value is -1.67. The molecule has 0 aliphatic carbocycles. The SMILES string of the molecule is CC1CCCN1S(=O)(=O)c1cc([N+](=O)[O-])ccc1N. The van der Waals surface area contributed by atoms with Crippen molar-refractivity contribution in [1.82, 2.24) is 4.31 Å². The molecule has 1 aliphatic heterocycles. The van der Waals surface area contributed by atoms with Gasteiger partial charge in [-0.15, -0.1) is 0 Å². The van der Waals surface area contributed by atoms with Crippen LogP contribution in [0.2, 0.25) is 0 Å². The van der Waals surface area contributed by atoms with Crippen molar-refractivity contribution in [1.29, 1.82) is 0 Å². The minimum Gasteiger partial charge on any atom is -0.398 e. The molecule has 1 aliphatic rings. The fourth-order valence-corrected chi connectivity index (χ4v) is 4.09. The average Bonchev–Trinajstić information content (AvgIpc) is 2.76. The van der Waals surface area contributed by atoms with Gasteiger partial charge in [0.25, 0.3) is 5.69 Å². The van der Waals surface area contributed by atoms with Crippen molar-refractivity contribution in [3.8, 4) is 0 Å². The van der Waals surface area contributed by atoms with Crippen LogP contribution >= 0.6 is 0 Å². The van der Waals surface area contributed by atoms with Crippen molar-refractivity contribution in [2.24, 2.45) is 0 Å². The quantitative estimate of drug-likeness (QED) is 0.512. The normalized spacial score (nSPS) is 20.6. The Bertz CT molecular complexity index is 614. The molecular weight excluding hydrogens is 270 g/mol. The van der Waals surface area contributed by atoms with E-state index in [2.05, 4.69) is 0 Å². The topological polar surface area (TPSA) is 107 Å². The van der Waals surface area contributed by atoms with E-state index in [0.717, 1.165) is 18.9 Å². The van der Waals surface area contributed by atoms with Crippen LogP contribution in [0.5, 0.6) is 0 Å². The van der Waals surface area contributed by atoms with Crippen LogP contribution in [0.15, 0.2) is 23.1 Å². The molecule has 1 saturated heterocycles. The zero-order chi connectivity index (χ0) is 14.2. The first-order valence-electron chi connectivity index (χ1n) is 5.90. The van der Waals surface area contributed by atoms with Crippen molar-refractivity contribution in [3.63, 3.8) is 0 Å². The standard InChI is InChI=1S/C11H15N3O4S/c1-8-3-2-6-13(8)19(17,18)11-7-9(14(15)16)4-5-10(11)12/h4-5,7-8H,2-3,6,12H2,1H3. The number of nitro groups is 1. The highest BCUT2D eigenvalue weighted by Crippen LogP contribution is 2.31. The molecule has 1 atom stereocenters. The Kier molecular flexibility index (Phi) is 3.46. The summed E-state index contributed by atoms with van der Waals surface area (Å²) in [5, 5.41) is 10.7. The fourth-order valence-electron chi connectivity index (χ4n) is 2.25. The summed E-state index contributed by atoms with van der Waals surface area (Å²) >= 11 is 0. The number of sulfonamides is 1. The number of nitrogens with two attached hydrogens (primary N) is 1. The van der Waals surface area contributed by atoms with Gasteiger partial charge < -0.3 is 5.73 Å². The van der Waals surface area contributed by atoms with Gasteiger partial charge in [-0.2, -0.15) is 4.31 Å². The van der Waals surface area contributed by atoms with Crippen LogP contribution in [-0.4, -0.2) is 30.2 Å². The first-order valence-corrected chi connectivity index (χ1v) is 7.34. The first kappa shape index (κ1) is 13.8. The number of benzene rings is 1. The number of nitrogens with zero attached hydrogens (tertiary/aromatic N) is 2. The maximum Gasteiger partial charge on any atom is 0.270 e. The average molecular weight is 285 g/mol. The lowest BCUT2D eigenvalue weighted by Crippen LogP contribution is -2.34. The summed E-state index contributed by atoms with van der Waals surface area (Å²) in [6, 6.07) is 3.37. The van der Waals surface area contributed by atoms with E-state index in [-0.39, 0.29) is 22.3 Å². The summed E-state index contributed by atoms with van der Waals surface area (Å²) in [6.07, 6.45) is 1.57. The molecule has 2 rings (SSSR count). The lowest BCUT2D eigenvalue weighted by atomic mass is 10.3. The lowest BCUT2D eigenvalue weighted by Gasteiger charge is -2.21. The van der Waals surface area contributed by atoms with E-state index >= 15 is 0 Å². The number of hydrogen-bond acceptors (Lipinski definition) is 5. The summed E-state index contributed by atoms with van der Waals surface area (Å²) in [5.74, 6) is 0. The Balaban J connectivity index is 2.51. The summed E-state index contributed by atoms with van der Waals surface area (Å²) in [4.78, 5) is 9.92. The van der Waals surface area contributed by atoms with Crippen molar-refractivity contribution < 1.29 is 13.3 Å². The molecule has 8 heteroatoms. The molecule has 1 heterocycles. The molecule has 1 unspecified atom stereocenters. The Labute approximate surface area is 111 Å². The van der Waals surface area contributed by atoms with Crippen LogP contribution in [0.1, 0.15) is 19.8 Å². The molecule has 1 aromatic rings. The molecule has 0 aromatic heterocycles. The molecule has 0 saturated carbocycles. The van der Waals surface area contributed by atoms with Gasteiger partial charge in [-0.3, -0.25) is 10.1 Å². The van der Waals surface area contributed by atoms with Crippen LogP contribution in [0.25, 0.3) is 0 Å². The van der Waals surface area contributed by atoms with E-state index < -0.39 is 14.9 Å². The van der Waals surface area contributed by atoms with Gasteiger partial charge in [-0.25, -0.2) is 8.42 Å².